The maximum Gasteiger partial charge on any atom is 0.203 e. The lowest BCUT2D eigenvalue weighted by atomic mass is 10.1. The zero-order valence-corrected chi connectivity index (χ0v) is 18.9. The van der Waals surface area contributed by atoms with Gasteiger partial charge in [0.05, 0.1) is 21.3 Å². The van der Waals surface area contributed by atoms with Crippen molar-refractivity contribution in [1.29, 1.82) is 0 Å². The molecule has 3 rings (SSSR count). The monoisotopic (exact) mass is 448 g/mol. The van der Waals surface area contributed by atoms with Crippen LogP contribution in [0.15, 0.2) is 35.3 Å². The van der Waals surface area contributed by atoms with Crippen LogP contribution in [-0.2, 0) is 6.42 Å². The molecule has 0 saturated carbocycles. The van der Waals surface area contributed by atoms with Gasteiger partial charge in [0.1, 0.15) is 17.3 Å². The van der Waals surface area contributed by atoms with Crippen molar-refractivity contribution in [3.63, 3.8) is 0 Å². The molecule has 1 atom stereocenters. The van der Waals surface area contributed by atoms with Crippen molar-refractivity contribution in [2.45, 2.75) is 18.9 Å². The topological polar surface area (TPSA) is 67.4 Å². The van der Waals surface area contributed by atoms with Gasteiger partial charge < -0.3 is 29.7 Å². The van der Waals surface area contributed by atoms with Gasteiger partial charge in [-0.05, 0) is 31.0 Å². The Kier molecular flexibility index (Phi) is 7.97. The first kappa shape index (κ1) is 23.4. The summed E-state index contributed by atoms with van der Waals surface area (Å²) in [5, 5.41) is 6.62. The SMILES string of the molecule is CN=C(NCCc1ccc(OC)c(OC)c1OC)NC1CCN(c2c(F)cccc2F)C1. The number of benzene rings is 2. The van der Waals surface area contributed by atoms with Crippen LogP contribution in [-0.4, -0.2) is 60.0 Å². The largest absolute Gasteiger partial charge is 0.493 e. The Morgan fingerprint density at radius 2 is 1.78 bits per heavy atom. The smallest absolute Gasteiger partial charge is 0.203 e. The lowest BCUT2D eigenvalue weighted by Crippen LogP contribution is -2.45. The van der Waals surface area contributed by atoms with Crippen molar-refractivity contribution in [3.05, 3.63) is 47.5 Å². The van der Waals surface area contributed by atoms with Gasteiger partial charge in [0, 0.05) is 38.3 Å². The fraction of sp³-hybridized carbons (Fsp3) is 0.435. The van der Waals surface area contributed by atoms with Gasteiger partial charge in [-0.2, -0.15) is 0 Å². The van der Waals surface area contributed by atoms with E-state index in [0.29, 0.717) is 49.3 Å². The highest BCUT2D eigenvalue weighted by atomic mass is 19.1. The third-order valence-electron chi connectivity index (χ3n) is 5.48. The molecule has 1 fully saturated rings. The Labute approximate surface area is 187 Å². The van der Waals surface area contributed by atoms with Crippen LogP contribution in [0.1, 0.15) is 12.0 Å². The number of para-hydroxylation sites is 1. The van der Waals surface area contributed by atoms with E-state index in [1.807, 2.05) is 12.1 Å². The molecule has 2 N–H and O–H groups in total. The highest BCUT2D eigenvalue weighted by molar-refractivity contribution is 5.80. The van der Waals surface area contributed by atoms with Gasteiger partial charge in [0.15, 0.2) is 17.5 Å². The minimum Gasteiger partial charge on any atom is -0.493 e. The van der Waals surface area contributed by atoms with Crippen molar-refractivity contribution >= 4 is 11.6 Å². The number of ether oxygens (including phenoxy) is 3. The van der Waals surface area contributed by atoms with Gasteiger partial charge in [0.25, 0.3) is 0 Å². The van der Waals surface area contributed by atoms with Crippen LogP contribution in [0, 0.1) is 11.6 Å². The molecule has 0 aliphatic carbocycles. The Hall–Kier alpha value is -3.23. The van der Waals surface area contributed by atoms with E-state index in [2.05, 4.69) is 15.6 Å². The van der Waals surface area contributed by atoms with Gasteiger partial charge in [-0.3, -0.25) is 4.99 Å². The molecule has 9 heteroatoms. The molecule has 2 aromatic carbocycles. The number of aliphatic imine (C=N–C) groups is 1. The molecule has 1 saturated heterocycles. The summed E-state index contributed by atoms with van der Waals surface area (Å²) >= 11 is 0. The second kappa shape index (κ2) is 10.9. The minimum atomic E-state index is -0.544. The zero-order chi connectivity index (χ0) is 23.1. The standard InChI is InChI=1S/C23H30F2N4O3/c1-26-23(27-12-10-15-8-9-19(30-2)22(32-4)21(15)31-3)28-16-11-13-29(14-16)20-17(24)6-5-7-18(20)25/h5-9,16H,10-14H2,1-4H3,(H2,26,27,28). The average molecular weight is 449 g/mol. The summed E-state index contributed by atoms with van der Waals surface area (Å²) in [6.45, 7) is 1.65. The predicted molar refractivity (Wildman–Crippen MR) is 121 cm³/mol. The normalized spacial score (nSPS) is 16.1. The fourth-order valence-corrected chi connectivity index (χ4v) is 3.94. The van der Waals surface area contributed by atoms with Gasteiger partial charge in [-0.25, -0.2) is 8.78 Å². The fourth-order valence-electron chi connectivity index (χ4n) is 3.94. The zero-order valence-electron chi connectivity index (χ0n) is 18.9. The number of methoxy groups -OCH3 is 3. The van der Waals surface area contributed by atoms with Crippen LogP contribution in [0.4, 0.5) is 14.5 Å². The summed E-state index contributed by atoms with van der Waals surface area (Å²) in [6, 6.07) is 7.74. The second-order valence-corrected chi connectivity index (χ2v) is 7.39. The highest BCUT2D eigenvalue weighted by Crippen LogP contribution is 2.39. The quantitative estimate of drug-likeness (QED) is 0.478. The second-order valence-electron chi connectivity index (χ2n) is 7.39. The molecule has 1 unspecified atom stereocenters. The van der Waals surface area contributed by atoms with Gasteiger partial charge >= 0.3 is 0 Å². The van der Waals surface area contributed by atoms with Crippen molar-refractivity contribution in [2.75, 3.05) is 52.9 Å². The number of nitrogens with one attached hydrogen (secondary N) is 2. The number of hydrogen-bond donors (Lipinski definition) is 2. The minimum absolute atomic E-state index is 0.0239. The molecule has 1 aliphatic rings. The Balaban J connectivity index is 1.56. The third-order valence-corrected chi connectivity index (χ3v) is 5.48. The number of hydrogen-bond acceptors (Lipinski definition) is 5. The first-order valence-electron chi connectivity index (χ1n) is 10.5. The van der Waals surface area contributed by atoms with E-state index in [-0.39, 0.29) is 11.7 Å². The maximum atomic E-state index is 14.1. The number of guanidine groups is 1. The lowest BCUT2D eigenvalue weighted by molar-refractivity contribution is 0.322. The molecule has 0 spiro atoms. The molecule has 1 heterocycles. The maximum absolute atomic E-state index is 14.1. The molecule has 2 aromatic rings. The summed E-state index contributed by atoms with van der Waals surface area (Å²) in [5.74, 6) is 1.34. The van der Waals surface area contributed by atoms with E-state index in [9.17, 15) is 8.78 Å². The molecule has 174 valence electrons. The molecule has 32 heavy (non-hydrogen) atoms. The van der Waals surface area contributed by atoms with Crippen LogP contribution < -0.4 is 29.7 Å². The summed E-state index contributed by atoms with van der Waals surface area (Å²) in [4.78, 5) is 6.00. The third kappa shape index (κ3) is 5.15. The van der Waals surface area contributed by atoms with E-state index in [4.69, 9.17) is 14.2 Å². The van der Waals surface area contributed by atoms with Crippen molar-refractivity contribution in [3.8, 4) is 17.2 Å². The molecular formula is C23H30F2N4O3. The van der Waals surface area contributed by atoms with E-state index in [1.54, 1.807) is 33.3 Å². The Morgan fingerprint density at radius 1 is 1.06 bits per heavy atom. The van der Waals surface area contributed by atoms with Crippen LogP contribution in [0.3, 0.4) is 0 Å². The van der Waals surface area contributed by atoms with Gasteiger partial charge in [-0.15, -0.1) is 0 Å². The number of nitrogens with zero attached hydrogens (tertiary/aromatic N) is 2. The van der Waals surface area contributed by atoms with Gasteiger partial charge in [-0.1, -0.05) is 12.1 Å². The lowest BCUT2D eigenvalue weighted by Gasteiger charge is -2.21. The van der Waals surface area contributed by atoms with E-state index in [0.717, 1.165) is 12.0 Å². The number of halogens is 2. The molecule has 0 radical (unpaired) electrons. The van der Waals surface area contributed by atoms with Crippen LogP contribution in [0.5, 0.6) is 17.2 Å². The number of rotatable bonds is 8. The first-order valence-corrected chi connectivity index (χ1v) is 10.5. The van der Waals surface area contributed by atoms with Crippen LogP contribution >= 0.6 is 0 Å². The van der Waals surface area contributed by atoms with E-state index in [1.165, 1.54) is 18.2 Å². The Morgan fingerprint density at radius 3 is 2.41 bits per heavy atom. The van der Waals surface area contributed by atoms with Gasteiger partial charge in [0.2, 0.25) is 5.75 Å². The summed E-state index contributed by atoms with van der Waals surface area (Å²) in [6.07, 6.45) is 1.42. The van der Waals surface area contributed by atoms with Crippen molar-refractivity contribution in [1.82, 2.24) is 10.6 Å². The predicted octanol–water partition coefficient (Wildman–Crippen LogP) is 2.98. The average Bonchev–Trinajstić information content (AvgIpc) is 3.25. The summed E-state index contributed by atoms with van der Waals surface area (Å²) < 4.78 is 44.5. The highest BCUT2D eigenvalue weighted by Gasteiger charge is 2.27. The molecule has 0 bridgehead atoms. The molecular weight excluding hydrogens is 418 g/mol. The van der Waals surface area contributed by atoms with E-state index < -0.39 is 11.6 Å². The molecule has 7 nitrogen and oxygen atoms in total. The molecule has 0 amide bonds. The first-order chi connectivity index (χ1) is 15.5. The molecule has 1 aliphatic heterocycles. The van der Waals surface area contributed by atoms with Crippen LogP contribution in [0.25, 0.3) is 0 Å². The summed E-state index contributed by atoms with van der Waals surface area (Å²) in [7, 11) is 6.44. The van der Waals surface area contributed by atoms with Crippen molar-refractivity contribution in [2.24, 2.45) is 4.99 Å². The van der Waals surface area contributed by atoms with E-state index >= 15 is 0 Å². The van der Waals surface area contributed by atoms with Crippen LogP contribution in [0.2, 0.25) is 0 Å². The summed E-state index contributed by atoms with van der Waals surface area (Å²) in [5.41, 5.74) is 0.996. The van der Waals surface area contributed by atoms with Crippen molar-refractivity contribution < 1.29 is 23.0 Å². The Bertz CT molecular complexity index is 935. The number of anilines is 1. The molecule has 0 aromatic heterocycles.